The predicted octanol–water partition coefficient (Wildman–Crippen LogP) is 1.39. The molecule has 2 fully saturated rings. The second-order valence-electron chi connectivity index (χ2n) is 6.54. The molecule has 0 spiro atoms. The van der Waals surface area contributed by atoms with E-state index in [9.17, 15) is 8.42 Å². The number of hydrogen-bond donors (Lipinski definition) is 1. The van der Waals surface area contributed by atoms with E-state index >= 15 is 0 Å². The summed E-state index contributed by atoms with van der Waals surface area (Å²) in [4.78, 5) is 1.61. The van der Waals surface area contributed by atoms with Crippen molar-refractivity contribution in [1.29, 1.82) is 5.26 Å². The number of rotatable bonds is 3. The molecule has 2 aliphatic heterocycles. The van der Waals surface area contributed by atoms with Crippen molar-refractivity contribution >= 4 is 16.0 Å². The molecular formula is C17H20N6O2S. The highest BCUT2D eigenvalue weighted by atomic mass is 32.2. The van der Waals surface area contributed by atoms with Crippen LogP contribution in [0.1, 0.15) is 12.8 Å². The van der Waals surface area contributed by atoms with E-state index in [1.807, 2.05) is 30.3 Å². The molecule has 4 rings (SSSR count). The maximum Gasteiger partial charge on any atom is 0.305 e. The van der Waals surface area contributed by atoms with Crippen LogP contribution in [0.4, 0.5) is 5.82 Å². The molecule has 1 N–H and O–H groups in total. The van der Waals surface area contributed by atoms with Gasteiger partial charge in [0.25, 0.3) is 0 Å². The van der Waals surface area contributed by atoms with E-state index in [2.05, 4.69) is 16.4 Å². The van der Waals surface area contributed by atoms with Crippen molar-refractivity contribution in [3.05, 3.63) is 36.4 Å². The number of anilines is 1. The van der Waals surface area contributed by atoms with Crippen LogP contribution in [0.5, 0.6) is 0 Å². The first-order valence-corrected chi connectivity index (χ1v) is 10.0. The van der Waals surface area contributed by atoms with Gasteiger partial charge in [0, 0.05) is 38.3 Å². The number of nitrogens with one attached hydrogen (secondary N) is 1. The molecule has 0 aliphatic carbocycles. The van der Waals surface area contributed by atoms with Crippen LogP contribution < -0.4 is 4.31 Å². The second-order valence-corrected chi connectivity index (χ2v) is 8.34. The molecule has 2 aliphatic rings. The van der Waals surface area contributed by atoms with Crippen molar-refractivity contribution < 1.29 is 8.42 Å². The number of benzene rings is 1. The van der Waals surface area contributed by atoms with Gasteiger partial charge in [-0.05, 0) is 18.4 Å². The third-order valence-corrected chi connectivity index (χ3v) is 6.93. The van der Waals surface area contributed by atoms with Crippen LogP contribution in [0.15, 0.2) is 36.4 Å². The summed E-state index contributed by atoms with van der Waals surface area (Å²) >= 11 is 0. The van der Waals surface area contributed by atoms with Crippen LogP contribution in [0, 0.1) is 11.5 Å². The summed E-state index contributed by atoms with van der Waals surface area (Å²) in [5.41, 5.74) is 1.74. The molecule has 136 valence electrons. The van der Waals surface area contributed by atoms with Crippen LogP contribution in [-0.4, -0.2) is 60.0 Å². The van der Waals surface area contributed by atoms with Gasteiger partial charge < -0.3 is 4.90 Å². The fraction of sp³-hybridized carbons (Fsp3) is 0.412. The van der Waals surface area contributed by atoms with Crippen molar-refractivity contribution in [3.8, 4) is 17.5 Å². The molecule has 26 heavy (non-hydrogen) atoms. The van der Waals surface area contributed by atoms with Crippen LogP contribution in [0.25, 0.3) is 11.3 Å². The van der Waals surface area contributed by atoms with E-state index in [-0.39, 0.29) is 6.04 Å². The third-order valence-electron chi connectivity index (χ3n) is 4.93. The quantitative estimate of drug-likeness (QED) is 0.822. The number of likely N-dealkylation sites (tertiary alicyclic amines) is 1. The van der Waals surface area contributed by atoms with Crippen LogP contribution in [0.3, 0.4) is 0 Å². The first kappa shape index (κ1) is 16.9. The Balaban J connectivity index is 1.59. The molecule has 1 aromatic carbocycles. The molecule has 0 saturated carbocycles. The second kappa shape index (κ2) is 6.63. The summed E-state index contributed by atoms with van der Waals surface area (Å²) in [6.07, 6.45) is 3.51. The van der Waals surface area contributed by atoms with Gasteiger partial charge in [0.2, 0.25) is 0 Å². The van der Waals surface area contributed by atoms with Gasteiger partial charge >= 0.3 is 10.2 Å². The number of nitriles is 1. The summed E-state index contributed by atoms with van der Waals surface area (Å²) in [5, 5.41) is 16.2. The number of nitrogens with zero attached hydrogens (tertiary/aromatic N) is 5. The Bertz CT molecular complexity index is 920. The van der Waals surface area contributed by atoms with E-state index in [1.54, 1.807) is 11.0 Å². The monoisotopic (exact) mass is 372 g/mol. The normalized spacial score (nSPS) is 23.1. The highest BCUT2D eigenvalue weighted by Gasteiger charge is 2.41. The van der Waals surface area contributed by atoms with Gasteiger partial charge in [-0.15, -0.1) is 0 Å². The van der Waals surface area contributed by atoms with Crippen molar-refractivity contribution in [1.82, 2.24) is 19.4 Å². The third kappa shape index (κ3) is 2.91. The fourth-order valence-corrected chi connectivity index (χ4v) is 5.45. The Morgan fingerprint density at radius 2 is 2.00 bits per heavy atom. The summed E-state index contributed by atoms with van der Waals surface area (Å²) in [5.74, 6) is 0.406. The van der Waals surface area contributed by atoms with Crippen molar-refractivity contribution in [3.63, 3.8) is 0 Å². The average molecular weight is 372 g/mol. The van der Waals surface area contributed by atoms with E-state index in [4.69, 9.17) is 5.26 Å². The van der Waals surface area contributed by atoms with Gasteiger partial charge in [0.05, 0.1) is 5.69 Å². The summed E-state index contributed by atoms with van der Waals surface area (Å²) in [7, 11) is -3.65. The minimum Gasteiger partial charge on any atom is -0.309 e. The Morgan fingerprint density at radius 1 is 1.19 bits per heavy atom. The van der Waals surface area contributed by atoms with Crippen LogP contribution in [-0.2, 0) is 10.2 Å². The molecule has 3 heterocycles. The molecule has 0 amide bonds. The van der Waals surface area contributed by atoms with Crippen molar-refractivity contribution in [2.75, 3.05) is 30.5 Å². The zero-order valence-electron chi connectivity index (χ0n) is 14.2. The minimum atomic E-state index is -3.65. The summed E-state index contributed by atoms with van der Waals surface area (Å²) < 4.78 is 29.2. The smallest absolute Gasteiger partial charge is 0.305 e. The Morgan fingerprint density at radius 3 is 2.73 bits per heavy atom. The van der Waals surface area contributed by atoms with Gasteiger partial charge in [0.1, 0.15) is 0 Å². The number of aromatic nitrogens is 2. The maximum atomic E-state index is 13.1. The Labute approximate surface area is 152 Å². The largest absolute Gasteiger partial charge is 0.309 e. The van der Waals surface area contributed by atoms with Gasteiger partial charge in [-0.1, -0.05) is 30.3 Å². The number of H-pyrrole nitrogens is 1. The highest BCUT2D eigenvalue weighted by Crippen LogP contribution is 2.29. The maximum absolute atomic E-state index is 13.1. The van der Waals surface area contributed by atoms with Crippen molar-refractivity contribution in [2.24, 2.45) is 0 Å². The predicted molar refractivity (Wildman–Crippen MR) is 97.2 cm³/mol. The van der Waals surface area contributed by atoms with E-state index < -0.39 is 10.2 Å². The molecule has 2 aromatic rings. The van der Waals surface area contributed by atoms with Gasteiger partial charge in [-0.3, -0.25) is 5.10 Å². The van der Waals surface area contributed by atoms with Gasteiger partial charge in [-0.2, -0.15) is 23.1 Å². The number of hydrogen-bond acceptors (Lipinski definition) is 5. The first-order valence-electron chi connectivity index (χ1n) is 8.64. The molecule has 8 nitrogen and oxygen atoms in total. The van der Waals surface area contributed by atoms with Crippen LogP contribution in [0.2, 0.25) is 0 Å². The van der Waals surface area contributed by atoms with E-state index in [0.717, 1.165) is 17.7 Å². The Hall–Kier alpha value is -2.57. The number of aromatic amines is 1. The summed E-state index contributed by atoms with van der Waals surface area (Å²) in [6.45, 7) is 1.96. The zero-order valence-corrected chi connectivity index (χ0v) is 15.1. The van der Waals surface area contributed by atoms with E-state index in [0.29, 0.717) is 38.4 Å². The van der Waals surface area contributed by atoms with Gasteiger partial charge in [-0.25, -0.2) is 4.31 Å². The molecule has 0 unspecified atom stereocenters. The lowest BCUT2D eigenvalue weighted by molar-refractivity contribution is 0.305. The zero-order chi connectivity index (χ0) is 18.1. The lowest BCUT2D eigenvalue weighted by Gasteiger charge is -2.37. The Kier molecular flexibility index (Phi) is 4.30. The minimum absolute atomic E-state index is 0.157. The molecule has 2 saturated heterocycles. The average Bonchev–Trinajstić information content (AvgIpc) is 3.31. The molecule has 0 bridgehead atoms. The molecule has 1 atom stereocenters. The topological polar surface area (TPSA) is 96.3 Å². The standard InChI is InChI=1S/C17H20N6O2S/c18-13-21-10-7-15(12-21)22-8-4-9-23(26(22,24)25)17-11-16(19-20-17)14-5-2-1-3-6-14/h1-3,5-6,11,15H,4,7-10,12H2,(H,19,20)/t15-/m1/s1. The van der Waals surface area contributed by atoms with Crippen molar-refractivity contribution in [2.45, 2.75) is 18.9 Å². The lowest BCUT2D eigenvalue weighted by atomic mass is 10.1. The lowest BCUT2D eigenvalue weighted by Crippen LogP contribution is -2.54. The fourth-order valence-electron chi connectivity index (χ4n) is 3.60. The molecule has 9 heteroatoms. The van der Waals surface area contributed by atoms with Gasteiger partial charge in [0.15, 0.2) is 12.0 Å². The first-order chi connectivity index (χ1) is 12.6. The highest BCUT2D eigenvalue weighted by molar-refractivity contribution is 7.90. The molecule has 0 radical (unpaired) electrons. The molecule has 1 aromatic heterocycles. The molecular weight excluding hydrogens is 352 g/mol. The van der Waals surface area contributed by atoms with Crippen LogP contribution >= 0.6 is 0 Å². The SMILES string of the molecule is N#CN1CC[C@@H](N2CCCN(c3cc(-c4ccccc4)[nH]n3)S2(=O)=O)C1. The van der Waals surface area contributed by atoms with E-state index in [1.165, 1.54) is 8.61 Å². The summed E-state index contributed by atoms with van der Waals surface area (Å²) in [6, 6.07) is 11.3.